The minimum Gasteiger partial charge on any atom is -0.349 e. The largest absolute Gasteiger partial charge is 0.349 e. The lowest BCUT2D eigenvalue weighted by Gasteiger charge is -2.32. The first-order chi connectivity index (χ1) is 14.2. The number of amides is 2. The number of nitrogens with one attached hydrogen (secondary N) is 1. The monoisotopic (exact) mass is 423 g/mol. The minimum atomic E-state index is -0.916. The topological polar surface area (TPSA) is 88.1 Å². The summed E-state index contributed by atoms with van der Waals surface area (Å²) in [6.07, 6.45) is 1.62. The predicted molar refractivity (Wildman–Crippen MR) is 116 cm³/mol. The van der Waals surface area contributed by atoms with Crippen molar-refractivity contribution in [2.24, 2.45) is 0 Å². The first-order valence-corrected chi connectivity index (χ1v) is 10.4. The van der Waals surface area contributed by atoms with Crippen molar-refractivity contribution >= 4 is 23.3 Å². The van der Waals surface area contributed by atoms with E-state index in [4.69, 9.17) is 0 Å². The van der Waals surface area contributed by atoms with E-state index in [1.54, 1.807) is 29.8 Å². The van der Waals surface area contributed by atoms with Gasteiger partial charge < -0.3 is 10.2 Å². The van der Waals surface area contributed by atoms with E-state index in [1.165, 1.54) is 4.90 Å². The summed E-state index contributed by atoms with van der Waals surface area (Å²) in [6.45, 7) is 7.93. The van der Waals surface area contributed by atoms with E-state index in [1.807, 2.05) is 52.0 Å². The summed E-state index contributed by atoms with van der Waals surface area (Å²) in [6, 6.07) is 12.3. The van der Waals surface area contributed by atoms with Crippen LogP contribution in [0.4, 0.5) is 0 Å². The Morgan fingerprint density at radius 3 is 2.43 bits per heavy atom. The number of hydrogen-bond donors (Lipinski definition) is 1. The fraction of sp³-hybridized carbons (Fsp3) is 0.318. The van der Waals surface area contributed by atoms with E-state index < -0.39 is 11.6 Å². The first kappa shape index (κ1) is 21.6. The molecular formula is C22H25N5O2S. The van der Waals surface area contributed by atoms with Gasteiger partial charge in [0.05, 0.1) is 5.69 Å². The summed E-state index contributed by atoms with van der Waals surface area (Å²) < 4.78 is 3.81. The van der Waals surface area contributed by atoms with Gasteiger partial charge in [-0.3, -0.25) is 14.6 Å². The second-order valence-electron chi connectivity index (χ2n) is 8.11. The van der Waals surface area contributed by atoms with Crippen LogP contribution in [-0.2, 0) is 11.3 Å². The second-order valence-corrected chi connectivity index (χ2v) is 8.72. The van der Waals surface area contributed by atoms with E-state index in [-0.39, 0.29) is 24.1 Å². The molecule has 30 heavy (non-hydrogen) atoms. The molecule has 3 rings (SSSR count). The molecule has 8 heteroatoms. The predicted octanol–water partition coefficient (Wildman–Crippen LogP) is 3.54. The number of benzene rings is 1. The van der Waals surface area contributed by atoms with Crippen molar-refractivity contribution in [3.05, 3.63) is 76.6 Å². The van der Waals surface area contributed by atoms with Gasteiger partial charge in [0.15, 0.2) is 11.7 Å². The Morgan fingerprint density at radius 1 is 1.13 bits per heavy atom. The van der Waals surface area contributed by atoms with Crippen molar-refractivity contribution in [1.29, 1.82) is 0 Å². The maximum absolute atomic E-state index is 13.4. The lowest BCUT2D eigenvalue weighted by Crippen LogP contribution is -2.49. The molecule has 0 aliphatic heterocycles. The highest BCUT2D eigenvalue weighted by molar-refractivity contribution is 7.03. The molecule has 0 fully saturated rings. The first-order valence-electron chi connectivity index (χ1n) is 9.61. The molecule has 2 amide bonds. The van der Waals surface area contributed by atoms with Crippen LogP contribution in [0.2, 0.25) is 0 Å². The highest BCUT2D eigenvalue weighted by Crippen LogP contribution is 2.25. The Kier molecular flexibility index (Phi) is 6.56. The Balaban J connectivity index is 2.06. The summed E-state index contributed by atoms with van der Waals surface area (Å²) in [4.78, 5) is 32.6. The summed E-state index contributed by atoms with van der Waals surface area (Å²) >= 11 is 1.09. The fourth-order valence-corrected chi connectivity index (χ4v) is 3.42. The Labute approximate surface area is 180 Å². The number of carbonyl (C=O) groups excluding carboxylic acids is 2. The number of rotatable bonds is 6. The van der Waals surface area contributed by atoms with Crippen LogP contribution in [0.1, 0.15) is 54.1 Å². The van der Waals surface area contributed by atoms with E-state index in [2.05, 4.69) is 19.9 Å². The van der Waals surface area contributed by atoms with Gasteiger partial charge in [-0.1, -0.05) is 40.4 Å². The average Bonchev–Trinajstić information content (AvgIpc) is 3.23. The normalized spacial score (nSPS) is 12.3. The fourth-order valence-electron chi connectivity index (χ4n) is 2.99. The summed E-state index contributed by atoms with van der Waals surface area (Å²) in [5.41, 5.74) is 2.25. The lowest BCUT2D eigenvalue weighted by atomic mass is 10.0. The maximum atomic E-state index is 13.4. The second kappa shape index (κ2) is 9.13. The molecule has 2 aromatic heterocycles. The highest BCUT2D eigenvalue weighted by Gasteiger charge is 2.35. The molecule has 0 aliphatic rings. The molecule has 0 saturated heterocycles. The van der Waals surface area contributed by atoms with Crippen molar-refractivity contribution in [3.63, 3.8) is 0 Å². The van der Waals surface area contributed by atoms with Gasteiger partial charge in [-0.2, -0.15) is 0 Å². The molecular weight excluding hydrogens is 398 g/mol. The van der Waals surface area contributed by atoms with Crippen molar-refractivity contribution < 1.29 is 9.59 Å². The van der Waals surface area contributed by atoms with Crippen LogP contribution in [0.5, 0.6) is 0 Å². The van der Waals surface area contributed by atoms with Gasteiger partial charge in [0.2, 0.25) is 5.91 Å². The molecule has 0 spiro atoms. The van der Waals surface area contributed by atoms with Gasteiger partial charge in [0.1, 0.15) is 0 Å². The standard InChI is InChI=1S/C22H25N5O2S/c1-15-8-10-16(11-9-15)13-27(21(29)18-14-30-26-25-18)19(17-7-5-6-12-23-17)20(28)24-22(2,3)4/h5-12,14,19H,13H2,1-4H3,(H,24,28). The van der Waals surface area contributed by atoms with Crippen LogP contribution in [0.15, 0.2) is 54.0 Å². The van der Waals surface area contributed by atoms with Crippen LogP contribution in [0.3, 0.4) is 0 Å². The van der Waals surface area contributed by atoms with Crippen molar-refractivity contribution in [1.82, 2.24) is 24.8 Å². The Hall–Kier alpha value is -3.13. The van der Waals surface area contributed by atoms with Gasteiger partial charge >= 0.3 is 0 Å². The SMILES string of the molecule is Cc1ccc(CN(C(=O)c2csnn2)C(C(=O)NC(C)(C)C)c2ccccn2)cc1. The lowest BCUT2D eigenvalue weighted by molar-refractivity contribution is -0.127. The number of nitrogens with zero attached hydrogens (tertiary/aromatic N) is 4. The molecule has 0 bridgehead atoms. The molecule has 1 unspecified atom stereocenters. The third-order valence-electron chi connectivity index (χ3n) is 4.34. The van der Waals surface area contributed by atoms with E-state index in [9.17, 15) is 9.59 Å². The summed E-state index contributed by atoms with van der Waals surface area (Å²) in [7, 11) is 0. The molecule has 0 saturated carbocycles. The molecule has 1 N–H and O–H groups in total. The molecule has 1 aromatic carbocycles. The van der Waals surface area contributed by atoms with Crippen molar-refractivity contribution in [3.8, 4) is 0 Å². The summed E-state index contributed by atoms with van der Waals surface area (Å²) in [5, 5.41) is 8.50. The zero-order valence-corrected chi connectivity index (χ0v) is 18.3. The molecule has 1 atom stereocenters. The third kappa shape index (κ3) is 5.48. The molecule has 0 radical (unpaired) electrons. The smallest absolute Gasteiger partial charge is 0.276 e. The van der Waals surface area contributed by atoms with Crippen molar-refractivity contribution in [2.75, 3.05) is 0 Å². The quantitative estimate of drug-likeness (QED) is 0.655. The molecule has 0 aliphatic carbocycles. The minimum absolute atomic E-state index is 0.205. The Bertz CT molecular complexity index is 983. The zero-order chi connectivity index (χ0) is 21.7. The van der Waals surface area contributed by atoms with Crippen LogP contribution in [0, 0.1) is 6.92 Å². The maximum Gasteiger partial charge on any atom is 0.276 e. The van der Waals surface area contributed by atoms with Crippen LogP contribution >= 0.6 is 11.5 Å². The van der Waals surface area contributed by atoms with Gasteiger partial charge in [0, 0.05) is 23.7 Å². The van der Waals surface area contributed by atoms with Crippen LogP contribution in [0.25, 0.3) is 0 Å². The summed E-state index contributed by atoms with van der Waals surface area (Å²) in [5.74, 6) is -0.672. The van der Waals surface area contributed by atoms with E-state index >= 15 is 0 Å². The van der Waals surface area contributed by atoms with Gasteiger partial charge in [-0.05, 0) is 56.9 Å². The van der Waals surface area contributed by atoms with Gasteiger partial charge in [-0.15, -0.1) is 5.10 Å². The van der Waals surface area contributed by atoms with Gasteiger partial charge in [0.25, 0.3) is 5.91 Å². The van der Waals surface area contributed by atoms with E-state index in [0.29, 0.717) is 5.69 Å². The molecule has 3 aromatic rings. The average molecular weight is 424 g/mol. The van der Waals surface area contributed by atoms with Crippen molar-refractivity contribution in [2.45, 2.75) is 45.8 Å². The van der Waals surface area contributed by atoms with Crippen LogP contribution in [-0.4, -0.2) is 36.8 Å². The number of aromatic nitrogens is 3. The third-order valence-corrected chi connectivity index (χ3v) is 4.84. The number of aryl methyl sites for hydroxylation is 1. The number of hydrogen-bond acceptors (Lipinski definition) is 6. The number of carbonyl (C=O) groups is 2. The van der Waals surface area contributed by atoms with E-state index in [0.717, 1.165) is 22.7 Å². The van der Waals surface area contributed by atoms with Gasteiger partial charge in [-0.25, -0.2) is 0 Å². The highest BCUT2D eigenvalue weighted by atomic mass is 32.1. The molecule has 156 valence electrons. The zero-order valence-electron chi connectivity index (χ0n) is 17.5. The Morgan fingerprint density at radius 2 is 1.87 bits per heavy atom. The number of pyridine rings is 1. The molecule has 2 heterocycles. The van der Waals surface area contributed by atoms with Crippen LogP contribution < -0.4 is 5.32 Å². The molecule has 7 nitrogen and oxygen atoms in total.